The van der Waals surface area contributed by atoms with Gasteiger partial charge in [-0.2, -0.15) is 30.3 Å². The zero-order valence-corrected chi connectivity index (χ0v) is 12.8. The Morgan fingerprint density at radius 3 is 2.57 bits per heavy atom. The number of hydrogen-bond acceptors (Lipinski definition) is 1. The fourth-order valence-corrected chi connectivity index (χ4v) is 1.15. The molecule has 0 N–H and O–H groups in total. The van der Waals surface area contributed by atoms with Crippen LogP contribution in [0.1, 0.15) is 18.4 Å². The van der Waals surface area contributed by atoms with Crippen molar-refractivity contribution < 1.29 is 21.1 Å². The van der Waals surface area contributed by atoms with E-state index in [0.717, 1.165) is 19.1 Å². The molecule has 1 aromatic rings. The summed E-state index contributed by atoms with van der Waals surface area (Å²) in [6.07, 6.45) is 2.73. The van der Waals surface area contributed by atoms with Crippen molar-refractivity contribution in [3.05, 3.63) is 35.9 Å². The third-order valence-corrected chi connectivity index (χ3v) is 2.11. The fourth-order valence-electron chi connectivity index (χ4n) is 1.15. The quantitative estimate of drug-likeness (QED) is 0.613. The van der Waals surface area contributed by atoms with Gasteiger partial charge in [0.15, 0.2) is 0 Å². The molecular weight excluding hydrogens is 293 g/mol. The van der Waals surface area contributed by atoms with Crippen molar-refractivity contribution in [1.29, 1.82) is 0 Å². The van der Waals surface area contributed by atoms with E-state index in [4.69, 9.17) is 4.74 Å². The van der Waals surface area contributed by atoms with E-state index < -0.39 is 0 Å². The standard InChI is InChI=1S/C11H13O.BrH.Zn/c1-2-4-10(5-3-1)8-12-9-11-6-7-11;;/h2-5,11H,6-9H2;1H;/q-1;;+2/p-1. The first-order valence-corrected chi connectivity index (χ1v) is 11.7. The van der Waals surface area contributed by atoms with E-state index >= 15 is 0 Å². The number of hydrogen-bond donors (Lipinski definition) is 0. The molecule has 1 aliphatic rings. The summed E-state index contributed by atoms with van der Waals surface area (Å²) in [4.78, 5) is 0. The van der Waals surface area contributed by atoms with Crippen molar-refractivity contribution in [1.82, 2.24) is 0 Å². The van der Waals surface area contributed by atoms with Crippen LogP contribution in [0.15, 0.2) is 24.3 Å². The largest absolute Gasteiger partial charge is 0.379 e. The molecule has 14 heavy (non-hydrogen) atoms. The van der Waals surface area contributed by atoms with Gasteiger partial charge in [-0.15, -0.1) is 5.56 Å². The van der Waals surface area contributed by atoms with Crippen LogP contribution in [-0.2, 0) is 27.7 Å². The first kappa shape index (κ1) is 12.4. The van der Waals surface area contributed by atoms with Gasteiger partial charge in [-0.3, -0.25) is 0 Å². The van der Waals surface area contributed by atoms with E-state index in [1.54, 1.807) is 0 Å². The van der Waals surface area contributed by atoms with Crippen molar-refractivity contribution >= 4 is 13.6 Å². The van der Waals surface area contributed by atoms with E-state index in [-0.39, 0.29) is 0 Å². The minimum atomic E-state index is 0.755. The van der Waals surface area contributed by atoms with Crippen LogP contribution in [0, 0.1) is 12.0 Å². The molecule has 72 valence electrons. The van der Waals surface area contributed by atoms with Crippen LogP contribution in [0.25, 0.3) is 0 Å². The summed E-state index contributed by atoms with van der Waals surface area (Å²) in [5, 5.41) is 0. The van der Waals surface area contributed by atoms with Crippen LogP contribution in [0.2, 0.25) is 0 Å². The number of rotatable bonds is 4. The number of benzene rings is 1. The monoisotopic (exact) mass is 304 g/mol. The van der Waals surface area contributed by atoms with Gasteiger partial charge in [-0.05, 0) is 18.8 Å². The topological polar surface area (TPSA) is 9.23 Å². The Labute approximate surface area is 102 Å². The van der Waals surface area contributed by atoms with E-state index in [1.165, 1.54) is 34.7 Å². The van der Waals surface area contributed by atoms with Gasteiger partial charge in [-0.1, -0.05) is 0 Å². The average molecular weight is 307 g/mol. The zero-order chi connectivity index (χ0) is 10.2. The van der Waals surface area contributed by atoms with Gasteiger partial charge >= 0.3 is 30.0 Å². The second-order valence-electron chi connectivity index (χ2n) is 3.37. The average Bonchev–Trinajstić information content (AvgIpc) is 3.07. The smallest absolute Gasteiger partial charge is 0.0497 e. The Morgan fingerprint density at radius 1 is 1.36 bits per heavy atom. The molecule has 0 unspecified atom stereocenters. The SMILES string of the molecule is [Zn+][Br].[c-]1ccc(COCC2CC2)cc1. The molecule has 0 aliphatic heterocycles. The molecule has 0 radical (unpaired) electrons. The molecule has 0 atom stereocenters. The van der Waals surface area contributed by atoms with E-state index in [2.05, 4.69) is 19.7 Å². The van der Waals surface area contributed by atoms with Crippen LogP contribution in [0.5, 0.6) is 0 Å². The molecule has 1 fully saturated rings. The van der Waals surface area contributed by atoms with E-state index in [0.29, 0.717) is 0 Å². The predicted octanol–water partition coefficient (Wildman–Crippen LogP) is 3.26. The Hall–Kier alpha value is 0.283. The fraction of sp³-hybridized carbons (Fsp3) is 0.455. The molecule has 1 aliphatic carbocycles. The molecule has 0 saturated heterocycles. The van der Waals surface area contributed by atoms with Crippen LogP contribution in [0.4, 0.5) is 0 Å². The Morgan fingerprint density at radius 2 is 2.00 bits per heavy atom. The predicted molar refractivity (Wildman–Crippen MR) is 56.6 cm³/mol. The van der Waals surface area contributed by atoms with Crippen molar-refractivity contribution in [2.75, 3.05) is 6.61 Å². The Bertz CT molecular complexity index is 236. The maximum absolute atomic E-state index is 5.53. The molecule has 0 heterocycles. The molecule has 3 heteroatoms. The summed E-state index contributed by atoms with van der Waals surface area (Å²) in [5.41, 5.74) is 1.24. The molecule has 0 spiro atoms. The molecular formula is C11H13BrOZn. The first-order chi connectivity index (χ1) is 6.95. The van der Waals surface area contributed by atoms with Crippen molar-refractivity contribution in [3.63, 3.8) is 0 Å². The maximum Gasteiger partial charge on any atom is 0.0497 e. The minimum absolute atomic E-state index is 0.755. The molecule has 1 nitrogen and oxygen atoms in total. The second kappa shape index (κ2) is 7.56. The van der Waals surface area contributed by atoms with Gasteiger partial charge in [0.2, 0.25) is 0 Å². The summed E-state index contributed by atoms with van der Waals surface area (Å²) in [6, 6.07) is 10.9. The van der Waals surface area contributed by atoms with Crippen LogP contribution in [-0.4, -0.2) is 6.61 Å². The minimum Gasteiger partial charge on any atom is -0.379 e. The van der Waals surface area contributed by atoms with Crippen molar-refractivity contribution in [2.45, 2.75) is 19.4 Å². The van der Waals surface area contributed by atoms with Gasteiger partial charge in [0.05, 0.1) is 0 Å². The second-order valence-corrected chi connectivity index (χ2v) is 3.37. The van der Waals surface area contributed by atoms with Gasteiger partial charge in [0, 0.05) is 13.2 Å². The molecule has 1 aromatic carbocycles. The summed E-state index contributed by atoms with van der Waals surface area (Å²) in [7, 11) is 0. The van der Waals surface area contributed by atoms with Crippen LogP contribution >= 0.6 is 13.6 Å². The molecule has 0 bridgehead atoms. The summed E-state index contributed by atoms with van der Waals surface area (Å²) < 4.78 is 5.53. The van der Waals surface area contributed by atoms with Crippen LogP contribution < -0.4 is 0 Å². The molecule has 2 rings (SSSR count). The normalized spacial score (nSPS) is 14.5. The summed E-state index contributed by atoms with van der Waals surface area (Å²) in [6.45, 7) is 1.70. The van der Waals surface area contributed by atoms with Gasteiger partial charge in [-0.25, -0.2) is 0 Å². The zero-order valence-electron chi connectivity index (χ0n) is 8.21. The molecule has 0 amide bonds. The third kappa shape index (κ3) is 5.24. The third-order valence-electron chi connectivity index (χ3n) is 2.11. The number of ether oxygens (including phenoxy) is 1. The van der Waals surface area contributed by atoms with Gasteiger partial charge in [0.1, 0.15) is 0 Å². The number of halogens is 1. The Kier molecular flexibility index (Phi) is 6.67. The summed E-state index contributed by atoms with van der Waals surface area (Å²) >= 11 is 4.25. The van der Waals surface area contributed by atoms with Crippen molar-refractivity contribution in [2.24, 2.45) is 5.92 Å². The molecule has 0 aromatic heterocycles. The maximum atomic E-state index is 5.53. The van der Waals surface area contributed by atoms with Crippen molar-refractivity contribution in [3.8, 4) is 0 Å². The van der Waals surface area contributed by atoms with Gasteiger partial charge in [0.25, 0.3) is 0 Å². The molecule has 1 saturated carbocycles. The van der Waals surface area contributed by atoms with Crippen LogP contribution in [0.3, 0.4) is 0 Å². The Balaban J connectivity index is 0.000000461. The van der Waals surface area contributed by atoms with E-state index in [1.807, 2.05) is 24.3 Å². The van der Waals surface area contributed by atoms with Gasteiger partial charge < -0.3 is 4.74 Å². The first-order valence-electron chi connectivity index (χ1n) is 4.74. The van der Waals surface area contributed by atoms with E-state index in [9.17, 15) is 0 Å². The summed E-state index contributed by atoms with van der Waals surface area (Å²) in [5.74, 6) is 0.861.